The van der Waals surface area contributed by atoms with Crippen LogP contribution in [0.1, 0.15) is 16.3 Å². The summed E-state index contributed by atoms with van der Waals surface area (Å²) in [5.41, 5.74) is 8.30. The van der Waals surface area contributed by atoms with Gasteiger partial charge in [0.25, 0.3) is 0 Å². The highest BCUT2D eigenvalue weighted by Gasteiger charge is 2.08. The Kier molecular flexibility index (Phi) is 3.94. The highest BCUT2D eigenvalue weighted by atomic mass is 32.1. The summed E-state index contributed by atoms with van der Waals surface area (Å²) in [5, 5.41) is 2.88. The van der Waals surface area contributed by atoms with E-state index in [-0.39, 0.29) is 12.4 Å². The molecule has 2 rings (SSSR count). The average Bonchev–Trinajstić information content (AvgIpc) is 2.79. The van der Waals surface area contributed by atoms with Crippen molar-refractivity contribution in [2.45, 2.75) is 12.8 Å². The number of benzene rings is 1. The van der Waals surface area contributed by atoms with Crippen molar-refractivity contribution in [2.24, 2.45) is 0 Å². The third-order valence-electron chi connectivity index (χ3n) is 2.49. The third kappa shape index (κ3) is 3.30. The van der Waals surface area contributed by atoms with Crippen molar-refractivity contribution in [1.29, 1.82) is 0 Å². The van der Waals surface area contributed by atoms with Crippen molar-refractivity contribution in [3.8, 4) is 0 Å². The van der Waals surface area contributed by atoms with Gasteiger partial charge in [0, 0.05) is 17.5 Å². The SMILES string of the molecule is COC(=O)Cc1csc(Cc2ccc(N)cc2)n1. The minimum absolute atomic E-state index is 0.231. The van der Waals surface area contributed by atoms with E-state index in [0.717, 1.165) is 28.4 Å². The molecule has 4 nitrogen and oxygen atoms in total. The van der Waals surface area contributed by atoms with E-state index in [0.29, 0.717) is 0 Å². The number of ether oxygens (including phenoxy) is 1. The molecule has 1 heterocycles. The van der Waals surface area contributed by atoms with E-state index in [1.54, 1.807) is 11.3 Å². The van der Waals surface area contributed by atoms with Crippen LogP contribution < -0.4 is 5.73 Å². The van der Waals surface area contributed by atoms with E-state index in [4.69, 9.17) is 5.73 Å². The van der Waals surface area contributed by atoms with E-state index in [1.807, 2.05) is 29.6 Å². The first-order valence-corrected chi connectivity index (χ1v) is 6.40. The maximum absolute atomic E-state index is 11.1. The second-order valence-corrected chi connectivity index (χ2v) is 4.85. The highest BCUT2D eigenvalue weighted by Crippen LogP contribution is 2.16. The molecule has 0 bridgehead atoms. The lowest BCUT2D eigenvalue weighted by Gasteiger charge is -1.98. The number of anilines is 1. The van der Waals surface area contributed by atoms with Crippen molar-refractivity contribution < 1.29 is 9.53 Å². The van der Waals surface area contributed by atoms with E-state index in [1.165, 1.54) is 7.11 Å². The molecule has 0 amide bonds. The molecule has 0 atom stereocenters. The van der Waals surface area contributed by atoms with Gasteiger partial charge in [-0.25, -0.2) is 4.98 Å². The Balaban J connectivity index is 2.02. The number of esters is 1. The smallest absolute Gasteiger partial charge is 0.311 e. The maximum Gasteiger partial charge on any atom is 0.311 e. The number of nitrogens with zero attached hydrogens (tertiary/aromatic N) is 1. The molecule has 1 aromatic heterocycles. The lowest BCUT2D eigenvalue weighted by Crippen LogP contribution is -2.04. The molecule has 0 spiro atoms. The summed E-state index contributed by atoms with van der Waals surface area (Å²) < 4.78 is 4.61. The number of carbonyl (C=O) groups is 1. The van der Waals surface area contributed by atoms with Gasteiger partial charge in [-0.1, -0.05) is 12.1 Å². The summed E-state index contributed by atoms with van der Waals surface area (Å²) in [6.45, 7) is 0. The first-order chi connectivity index (χ1) is 8.67. The molecule has 18 heavy (non-hydrogen) atoms. The molecule has 0 radical (unpaired) electrons. The van der Waals surface area contributed by atoms with Crippen LogP contribution in [0, 0.1) is 0 Å². The Morgan fingerprint density at radius 1 is 1.39 bits per heavy atom. The molecule has 0 saturated carbocycles. The van der Waals surface area contributed by atoms with Gasteiger partial charge in [-0.2, -0.15) is 0 Å². The number of methoxy groups -OCH3 is 1. The summed E-state index contributed by atoms with van der Waals surface area (Å²) in [7, 11) is 1.38. The fourth-order valence-electron chi connectivity index (χ4n) is 1.54. The fourth-order valence-corrected chi connectivity index (χ4v) is 2.37. The van der Waals surface area contributed by atoms with Crippen LogP contribution in [-0.2, 0) is 22.4 Å². The van der Waals surface area contributed by atoms with Gasteiger partial charge in [0.05, 0.1) is 24.2 Å². The minimum Gasteiger partial charge on any atom is -0.469 e. The number of rotatable bonds is 4. The van der Waals surface area contributed by atoms with Crippen molar-refractivity contribution >= 4 is 23.0 Å². The molecule has 0 fully saturated rings. The zero-order valence-corrected chi connectivity index (χ0v) is 10.9. The number of nitrogens with two attached hydrogens (primary N) is 1. The molecule has 0 aliphatic carbocycles. The molecule has 0 aliphatic rings. The van der Waals surface area contributed by atoms with Crippen LogP contribution in [0.2, 0.25) is 0 Å². The minimum atomic E-state index is -0.265. The number of nitrogen functional groups attached to an aromatic ring is 1. The second kappa shape index (κ2) is 5.64. The number of aromatic nitrogens is 1. The topological polar surface area (TPSA) is 65.2 Å². The van der Waals surface area contributed by atoms with Gasteiger partial charge in [0.15, 0.2) is 0 Å². The molecule has 0 unspecified atom stereocenters. The zero-order chi connectivity index (χ0) is 13.0. The average molecular weight is 262 g/mol. The first-order valence-electron chi connectivity index (χ1n) is 5.52. The molecule has 0 aliphatic heterocycles. The fraction of sp³-hybridized carbons (Fsp3) is 0.231. The van der Waals surface area contributed by atoms with Crippen LogP contribution in [-0.4, -0.2) is 18.1 Å². The number of hydrogen-bond donors (Lipinski definition) is 1. The van der Waals surface area contributed by atoms with Gasteiger partial charge in [0.2, 0.25) is 0 Å². The van der Waals surface area contributed by atoms with Gasteiger partial charge in [0.1, 0.15) is 0 Å². The van der Waals surface area contributed by atoms with Crippen LogP contribution in [0.5, 0.6) is 0 Å². The molecule has 2 N–H and O–H groups in total. The van der Waals surface area contributed by atoms with Crippen molar-refractivity contribution in [3.05, 3.63) is 45.9 Å². The van der Waals surface area contributed by atoms with Gasteiger partial charge in [-0.3, -0.25) is 4.79 Å². The normalized spacial score (nSPS) is 10.3. The molecular weight excluding hydrogens is 248 g/mol. The summed E-state index contributed by atoms with van der Waals surface area (Å²) in [6, 6.07) is 7.71. The molecule has 2 aromatic rings. The molecule has 0 saturated heterocycles. The lowest BCUT2D eigenvalue weighted by molar-refractivity contribution is -0.139. The van der Waals surface area contributed by atoms with E-state index >= 15 is 0 Å². The number of carbonyl (C=O) groups excluding carboxylic acids is 1. The number of hydrogen-bond acceptors (Lipinski definition) is 5. The molecule has 5 heteroatoms. The highest BCUT2D eigenvalue weighted by molar-refractivity contribution is 7.09. The van der Waals surface area contributed by atoms with Gasteiger partial charge in [-0.15, -0.1) is 11.3 Å². The molecule has 94 valence electrons. The van der Waals surface area contributed by atoms with Crippen LogP contribution in [0.3, 0.4) is 0 Å². The summed E-state index contributed by atoms with van der Waals surface area (Å²) in [6.07, 6.45) is 0.987. The monoisotopic (exact) mass is 262 g/mol. The second-order valence-electron chi connectivity index (χ2n) is 3.90. The Hall–Kier alpha value is -1.88. The predicted octanol–water partition coefficient (Wildman–Crippen LogP) is 2.03. The van der Waals surface area contributed by atoms with E-state index < -0.39 is 0 Å². The van der Waals surface area contributed by atoms with E-state index in [2.05, 4.69) is 9.72 Å². The standard InChI is InChI=1S/C13H14N2O2S/c1-17-13(16)7-11-8-18-12(15-11)6-9-2-4-10(14)5-3-9/h2-5,8H,6-7,14H2,1H3. The van der Waals surface area contributed by atoms with Gasteiger partial charge >= 0.3 is 5.97 Å². The van der Waals surface area contributed by atoms with Crippen LogP contribution >= 0.6 is 11.3 Å². The van der Waals surface area contributed by atoms with Crippen molar-refractivity contribution in [1.82, 2.24) is 4.98 Å². The summed E-state index contributed by atoms with van der Waals surface area (Å²) in [4.78, 5) is 15.5. The zero-order valence-electron chi connectivity index (χ0n) is 10.1. The summed E-state index contributed by atoms with van der Waals surface area (Å²) in [5.74, 6) is -0.265. The van der Waals surface area contributed by atoms with Gasteiger partial charge in [-0.05, 0) is 17.7 Å². The van der Waals surface area contributed by atoms with Crippen LogP contribution in [0.15, 0.2) is 29.6 Å². The Bertz CT molecular complexity index is 534. The number of thiazole rings is 1. The van der Waals surface area contributed by atoms with Gasteiger partial charge < -0.3 is 10.5 Å². The quantitative estimate of drug-likeness (QED) is 0.676. The van der Waals surface area contributed by atoms with E-state index in [9.17, 15) is 4.79 Å². The Labute approximate surface area is 109 Å². The third-order valence-corrected chi connectivity index (χ3v) is 3.39. The van der Waals surface area contributed by atoms with Crippen LogP contribution in [0.25, 0.3) is 0 Å². The van der Waals surface area contributed by atoms with Crippen LogP contribution in [0.4, 0.5) is 5.69 Å². The predicted molar refractivity (Wildman–Crippen MR) is 71.5 cm³/mol. The molecular formula is C13H14N2O2S. The Morgan fingerprint density at radius 2 is 2.11 bits per heavy atom. The molecule has 1 aromatic carbocycles. The van der Waals surface area contributed by atoms with Crippen molar-refractivity contribution in [2.75, 3.05) is 12.8 Å². The Morgan fingerprint density at radius 3 is 2.78 bits per heavy atom. The maximum atomic E-state index is 11.1. The van der Waals surface area contributed by atoms with Crippen molar-refractivity contribution in [3.63, 3.8) is 0 Å². The summed E-state index contributed by atoms with van der Waals surface area (Å²) >= 11 is 1.55. The largest absolute Gasteiger partial charge is 0.469 e. The lowest BCUT2D eigenvalue weighted by atomic mass is 10.1. The first kappa shape index (κ1) is 12.6.